The number of hydrogen-bond donors (Lipinski definition) is 2. The molecule has 1 amide bonds. The molecule has 0 aliphatic heterocycles. The van der Waals surface area contributed by atoms with Crippen LogP contribution in [0.1, 0.15) is 55.8 Å². The normalized spacial score (nSPS) is 27.7. The summed E-state index contributed by atoms with van der Waals surface area (Å²) < 4.78 is 5.31. The van der Waals surface area contributed by atoms with Gasteiger partial charge in [0.25, 0.3) is 0 Å². The van der Waals surface area contributed by atoms with Gasteiger partial charge in [0.2, 0.25) is 5.91 Å². The molecule has 0 saturated heterocycles. The van der Waals surface area contributed by atoms with Crippen LogP contribution in [0.25, 0.3) is 11.1 Å². The first kappa shape index (κ1) is 21.6. The van der Waals surface area contributed by atoms with E-state index in [1.807, 2.05) is 35.7 Å². The summed E-state index contributed by atoms with van der Waals surface area (Å²) in [7, 11) is 0. The highest BCUT2D eigenvalue weighted by atomic mass is 32.1. The number of hydrogen-bond acceptors (Lipinski definition) is 5. The van der Waals surface area contributed by atoms with Crippen LogP contribution < -0.4 is 10.6 Å². The van der Waals surface area contributed by atoms with E-state index in [0.717, 1.165) is 30.4 Å². The maximum absolute atomic E-state index is 13.3. The zero-order valence-corrected chi connectivity index (χ0v) is 19.8. The molecule has 32 heavy (non-hydrogen) atoms. The van der Waals surface area contributed by atoms with E-state index in [4.69, 9.17) is 17.0 Å². The number of esters is 1. The molecule has 1 aromatic carbocycles. The summed E-state index contributed by atoms with van der Waals surface area (Å²) in [6, 6.07) is 9.73. The van der Waals surface area contributed by atoms with Gasteiger partial charge in [-0.3, -0.25) is 4.79 Å². The zero-order valence-electron chi connectivity index (χ0n) is 18.2. The molecular formula is C25H28N2O3S2. The average Bonchev–Trinajstić information content (AvgIpc) is 3.17. The van der Waals surface area contributed by atoms with Gasteiger partial charge >= 0.3 is 5.97 Å². The lowest BCUT2D eigenvalue weighted by Gasteiger charge is -2.55. The Labute approximate surface area is 197 Å². The molecule has 7 heteroatoms. The van der Waals surface area contributed by atoms with E-state index in [9.17, 15) is 9.59 Å². The van der Waals surface area contributed by atoms with E-state index in [-0.39, 0.29) is 23.0 Å². The minimum atomic E-state index is -0.398. The first-order valence-corrected chi connectivity index (χ1v) is 12.7. The van der Waals surface area contributed by atoms with E-state index < -0.39 is 5.97 Å². The summed E-state index contributed by atoms with van der Waals surface area (Å²) in [6.07, 6.45) is 6.82. The Morgan fingerprint density at radius 3 is 2.31 bits per heavy atom. The van der Waals surface area contributed by atoms with Gasteiger partial charge < -0.3 is 15.4 Å². The van der Waals surface area contributed by atoms with Crippen LogP contribution in [0, 0.1) is 23.2 Å². The molecule has 2 N–H and O–H groups in total. The number of nitrogens with one attached hydrogen (secondary N) is 2. The van der Waals surface area contributed by atoms with Crippen molar-refractivity contribution in [3.63, 3.8) is 0 Å². The number of carbonyl (C=O) groups excluding carboxylic acids is 2. The molecule has 168 valence electrons. The van der Waals surface area contributed by atoms with Gasteiger partial charge in [-0.15, -0.1) is 11.3 Å². The highest BCUT2D eigenvalue weighted by Gasteiger charge is 2.54. The highest BCUT2D eigenvalue weighted by Crippen LogP contribution is 2.60. The van der Waals surface area contributed by atoms with Crippen LogP contribution >= 0.6 is 23.6 Å². The first-order valence-electron chi connectivity index (χ1n) is 11.4. The van der Waals surface area contributed by atoms with Crippen molar-refractivity contribution < 1.29 is 14.3 Å². The van der Waals surface area contributed by atoms with Crippen LogP contribution in [0.5, 0.6) is 0 Å². The molecule has 4 saturated carbocycles. The Bertz CT molecular complexity index is 1010. The SMILES string of the molecule is CCOC(=O)c1c(-c2ccccc2)csc1NC(=S)NC(=O)C12CC3CC(CC(C3)C1)C2. The van der Waals surface area contributed by atoms with Crippen molar-refractivity contribution in [3.05, 3.63) is 41.3 Å². The topological polar surface area (TPSA) is 67.4 Å². The van der Waals surface area contributed by atoms with Crippen molar-refractivity contribution in [2.45, 2.75) is 45.4 Å². The fourth-order valence-electron chi connectivity index (χ4n) is 6.44. The smallest absolute Gasteiger partial charge is 0.341 e. The van der Waals surface area contributed by atoms with E-state index in [0.29, 0.717) is 28.3 Å². The van der Waals surface area contributed by atoms with Gasteiger partial charge in [-0.05, 0) is 81.0 Å². The highest BCUT2D eigenvalue weighted by molar-refractivity contribution is 7.80. The molecule has 4 bridgehead atoms. The number of amides is 1. The van der Waals surface area contributed by atoms with E-state index in [2.05, 4.69) is 10.6 Å². The van der Waals surface area contributed by atoms with Crippen LogP contribution in [0.2, 0.25) is 0 Å². The molecule has 0 spiro atoms. The number of rotatable bonds is 5. The molecule has 0 atom stereocenters. The third-order valence-corrected chi connectivity index (χ3v) is 8.43. The predicted molar refractivity (Wildman–Crippen MR) is 131 cm³/mol. The van der Waals surface area contributed by atoms with Crippen LogP contribution in [-0.4, -0.2) is 23.6 Å². The minimum Gasteiger partial charge on any atom is -0.462 e. The zero-order chi connectivity index (χ0) is 22.3. The van der Waals surface area contributed by atoms with Crippen molar-refractivity contribution in [1.29, 1.82) is 0 Å². The van der Waals surface area contributed by atoms with Crippen LogP contribution in [0.4, 0.5) is 5.00 Å². The van der Waals surface area contributed by atoms with Gasteiger partial charge in [-0.1, -0.05) is 30.3 Å². The molecule has 1 heterocycles. The van der Waals surface area contributed by atoms with Crippen molar-refractivity contribution in [3.8, 4) is 11.1 Å². The minimum absolute atomic E-state index is 0.0478. The molecular weight excluding hydrogens is 440 g/mol. The second kappa shape index (κ2) is 8.60. The van der Waals surface area contributed by atoms with Crippen LogP contribution in [0.3, 0.4) is 0 Å². The first-order chi connectivity index (χ1) is 15.5. The lowest BCUT2D eigenvalue weighted by atomic mass is 9.49. The molecule has 0 unspecified atom stereocenters. The molecule has 2 aromatic rings. The fraction of sp³-hybridized carbons (Fsp3) is 0.480. The lowest BCUT2D eigenvalue weighted by molar-refractivity contribution is -0.144. The van der Waals surface area contributed by atoms with Crippen molar-refractivity contribution in [2.24, 2.45) is 23.2 Å². The Hall–Kier alpha value is -2.25. The third-order valence-electron chi connectivity index (χ3n) is 7.33. The summed E-state index contributed by atoms with van der Waals surface area (Å²) in [6.45, 7) is 2.07. The number of anilines is 1. The van der Waals surface area contributed by atoms with Crippen molar-refractivity contribution in [2.75, 3.05) is 11.9 Å². The van der Waals surface area contributed by atoms with E-state index in [1.54, 1.807) is 6.92 Å². The largest absolute Gasteiger partial charge is 0.462 e. The molecule has 1 aromatic heterocycles. The monoisotopic (exact) mass is 468 g/mol. The second-order valence-electron chi connectivity index (χ2n) is 9.55. The number of thiophene rings is 1. The summed E-state index contributed by atoms with van der Waals surface area (Å²) in [4.78, 5) is 26.1. The lowest BCUT2D eigenvalue weighted by Crippen LogP contribution is -2.55. The van der Waals surface area contributed by atoms with Crippen LogP contribution in [-0.2, 0) is 9.53 Å². The van der Waals surface area contributed by atoms with Crippen molar-refractivity contribution >= 4 is 45.5 Å². The van der Waals surface area contributed by atoms with Gasteiger partial charge in [0.05, 0.1) is 12.0 Å². The van der Waals surface area contributed by atoms with Gasteiger partial charge in [0.1, 0.15) is 10.6 Å². The maximum Gasteiger partial charge on any atom is 0.341 e. The summed E-state index contributed by atoms with van der Waals surface area (Å²) in [5.41, 5.74) is 1.92. The molecule has 6 rings (SSSR count). The Balaban J connectivity index is 1.34. The van der Waals surface area contributed by atoms with Gasteiger partial charge in [-0.25, -0.2) is 4.79 Å². The van der Waals surface area contributed by atoms with Crippen molar-refractivity contribution in [1.82, 2.24) is 5.32 Å². The van der Waals surface area contributed by atoms with E-state index in [1.165, 1.54) is 30.6 Å². The summed E-state index contributed by atoms with van der Waals surface area (Å²) in [5, 5.41) is 8.86. The number of carbonyl (C=O) groups is 2. The van der Waals surface area contributed by atoms with Gasteiger partial charge in [0.15, 0.2) is 5.11 Å². The maximum atomic E-state index is 13.3. The van der Waals surface area contributed by atoms with E-state index >= 15 is 0 Å². The quantitative estimate of drug-likeness (QED) is 0.440. The molecule has 4 aliphatic carbocycles. The van der Waals surface area contributed by atoms with Crippen LogP contribution in [0.15, 0.2) is 35.7 Å². The summed E-state index contributed by atoms with van der Waals surface area (Å²) in [5.74, 6) is 1.72. The Kier molecular flexibility index (Phi) is 5.80. The molecule has 4 aliphatic rings. The third kappa shape index (κ3) is 3.97. The Morgan fingerprint density at radius 1 is 1.09 bits per heavy atom. The molecule has 5 nitrogen and oxygen atoms in total. The number of thiocarbonyl (C=S) groups is 1. The standard InChI is InChI=1S/C25H28N2O3S2/c1-2-30-22(28)20-19(18-6-4-3-5-7-18)14-32-21(20)26-24(31)27-23(29)25-11-15-8-16(12-25)10-17(9-15)13-25/h3-7,14-17H,2,8-13H2,1H3,(H2,26,27,29,31). The molecule has 0 radical (unpaired) electrons. The number of benzene rings is 1. The molecule has 4 fully saturated rings. The Morgan fingerprint density at radius 2 is 1.72 bits per heavy atom. The van der Waals surface area contributed by atoms with Gasteiger partial charge in [-0.2, -0.15) is 0 Å². The fourth-order valence-corrected chi connectivity index (χ4v) is 7.67. The second-order valence-corrected chi connectivity index (χ2v) is 10.8. The predicted octanol–water partition coefficient (Wildman–Crippen LogP) is 5.62. The van der Waals surface area contributed by atoms with Gasteiger partial charge in [0, 0.05) is 10.9 Å². The average molecular weight is 469 g/mol. The summed E-state index contributed by atoms with van der Waals surface area (Å²) >= 11 is 6.90. The number of ether oxygens (including phenoxy) is 1.